The number of fused-ring (bicyclic) bond motifs is 1. The van der Waals surface area contributed by atoms with Crippen LogP contribution in [0.15, 0.2) is 42.6 Å². The van der Waals surface area contributed by atoms with E-state index in [4.69, 9.17) is 16.3 Å². The van der Waals surface area contributed by atoms with Crippen molar-refractivity contribution in [3.8, 4) is 17.0 Å². The van der Waals surface area contributed by atoms with E-state index >= 15 is 0 Å². The fourth-order valence-electron chi connectivity index (χ4n) is 2.82. The first-order valence-corrected chi connectivity index (χ1v) is 8.36. The lowest BCUT2D eigenvalue weighted by Crippen LogP contribution is -2.02. The Balaban J connectivity index is 1.72. The molecule has 0 bridgehead atoms. The summed E-state index contributed by atoms with van der Waals surface area (Å²) < 4.78 is 8.94. The van der Waals surface area contributed by atoms with Crippen LogP contribution in [0.5, 0.6) is 5.75 Å². The lowest BCUT2D eigenvalue weighted by atomic mass is 10.1. The molecule has 0 radical (unpaired) electrons. The molecule has 1 aromatic carbocycles. The monoisotopic (exact) mass is 368 g/mol. The van der Waals surface area contributed by atoms with Crippen LogP contribution in [0, 0.1) is 0 Å². The molecule has 0 aliphatic heterocycles. The van der Waals surface area contributed by atoms with Crippen LogP contribution < -0.4 is 10.1 Å². The first kappa shape index (κ1) is 16.4. The second-order valence-corrected chi connectivity index (χ2v) is 6.33. The molecule has 3 aromatic heterocycles. The molecule has 0 fully saturated rings. The van der Waals surface area contributed by atoms with Gasteiger partial charge in [-0.15, -0.1) is 0 Å². The number of rotatable bonds is 4. The Labute approximate surface area is 155 Å². The Bertz CT molecular complexity index is 1100. The minimum atomic E-state index is 0.651. The number of nitrogens with one attached hydrogen (secondary N) is 1. The summed E-state index contributed by atoms with van der Waals surface area (Å²) in [5.74, 6) is 2.16. The van der Waals surface area contributed by atoms with Gasteiger partial charge in [-0.2, -0.15) is 10.2 Å². The summed E-state index contributed by atoms with van der Waals surface area (Å²) in [6.07, 6.45) is 1.74. The van der Waals surface area contributed by atoms with Gasteiger partial charge in [-0.1, -0.05) is 23.7 Å². The van der Waals surface area contributed by atoms with Crippen molar-refractivity contribution in [2.24, 2.45) is 14.1 Å². The van der Waals surface area contributed by atoms with Gasteiger partial charge in [-0.25, -0.2) is 4.98 Å². The Morgan fingerprint density at radius 1 is 1.12 bits per heavy atom. The quantitative estimate of drug-likeness (QED) is 0.593. The van der Waals surface area contributed by atoms with Gasteiger partial charge in [0.15, 0.2) is 5.65 Å². The summed E-state index contributed by atoms with van der Waals surface area (Å²) >= 11 is 6.08. The number of hydrogen-bond donors (Lipinski definition) is 1. The predicted octanol–water partition coefficient (Wildman–Crippen LogP) is 3.77. The third kappa shape index (κ3) is 2.86. The summed E-state index contributed by atoms with van der Waals surface area (Å²) in [4.78, 5) is 4.62. The third-order valence-corrected chi connectivity index (χ3v) is 4.38. The van der Waals surface area contributed by atoms with Crippen molar-refractivity contribution < 1.29 is 4.74 Å². The van der Waals surface area contributed by atoms with Crippen LogP contribution in [-0.4, -0.2) is 31.7 Å². The zero-order valence-electron chi connectivity index (χ0n) is 14.6. The van der Waals surface area contributed by atoms with Crippen LogP contribution in [0.25, 0.3) is 22.3 Å². The highest BCUT2D eigenvalue weighted by molar-refractivity contribution is 6.30. The largest absolute Gasteiger partial charge is 0.496 e. The maximum absolute atomic E-state index is 6.08. The molecule has 0 aliphatic rings. The predicted molar refractivity (Wildman–Crippen MR) is 102 cm³/mol. The zero-order chi connectivity index (χ0) is 18.3. The van der Waals surface area contributed by atoms with Gasteiger partial charge in [0.05, 0.1) is 24.4 Å². The SMILES string of the molecule is COc1cc(Nc2cc(-c3cccc(Cl)c3)nn2C)nc2c1cnn2C. The third-order valence-electron chi connectivity index (χ3n) is 4.14. The van der Waals surface area contributed by atoms with Crippen molar-refractivity contribution in [3.05, 3.63) is 47.6 Å². The van der Waals surface area contributed by atoms with Gasteiger partial charge in [0, 0.05) is 36.8 Å². The second-order valence-electron chi connectivity index (χ2n) is 5.89. The number of halogens is 1. The lowest BCUT2D eigenvalue weighted by Gasteiger charge is -2.08. The van der Waals surface area contributed by atoms with Gasteiger partial charge in [-0.3, -0.25) is 9.36 Å². The lowest BCUT2D eigenvalue weighted by molar-refractivity contribution is 0.419. The highest BCUT2D eigenvalue weighted by Crippen LogP contribution is 2.29. The maximum atomic E-state index is 6.08. The van der Waals surface area contributed by atoms with Crippen molar-refractivity contribution in [2.75, 3.05) is 12.4 Å². The molecule has 0 aliphatic carbocycles. The number of pyridine rings is 1. The molecule has 4 aromatic rings. The molecular formula is C18H17ClN6O. The molecule has 3 heterocycles. The van der Waals surface area contributed by atoms with Crippen molar-refractivity contribution in [2.45, 2.75) is 0 Å². The average molecular weight is 369 g/mol. The van der Waals surface area contributed by atoms with Gasteiger partial charge in [0.1, 0.15) is 17.4 Å². The fourth-order valence-corrected chi connectivity index (χ4v) is 3.01. The van der Waals surface area contributed by atoms with Crippen LogP contribution in [0.3, 0.4) is 0 Å². The van der Waals surface area contributed by atoms with E-state index in [2.05, 4.69) is 20.5 Å². The summed E-state index contributed by atoms with van der Waals surface area (Å²) in [6, 6.07) is 11.4. The summed E-state index contributed by atoms with van der Waals surface area (Å²) in [6.45, 7) is 0. The highest BCUT2D eigenvalue weighted by Gasteiger charge is 2.13. The molecule has 1 N–H and O–H groups in total. The van der Waals surface area contributed by atoms with E-state index < -0.39 is 0 Å². The molecule has 4 rings (SSSR count). The van der Waals surface area contributed by atoms with Crippen molar-refractivity contribution >= 4 is 34.3 Å². The number of aromatic nitrogens is 5. The first-order valence-electron chi connectivity index (χ1n) is 7.99. The zero-order valence-corrected chi connectivity index (χ0v) is 15.3. The van der Waals surface area contributed by atoms with Crippen molar-refractivity contribution in [1.82, 2.24) is 24.5 Å². The van der Waals surface area contributed by atoms with Gasteiger partial charge < -0.3 is 10.1 Å². The normalized spacial score (nSPS) is 11.1. The molecule has 0 unspecified atom stereocenters. The van der Waals surface area contributed by atoms with Gasteiger partial charge in [0.25, 0.3) is 0 Å². The number of hydrogen-bond acceptors (Lipinski definition) is 5. The minimum Gasteiger partial charge on any atom is -0.496 e. The van der Waals surface area contributed by atoms with Crippen LogP contribution in [0.2, 0.25) is 5.02 Å². The van der Waals surface area contributed by atoms with E-state index in [0.717, 1.165) is 28.1 Å². The number of methoxy groups -OCH3 is 1. The van der Waals surface area contributed by atoms with Crippen LogP contribution in [0.4, 0.5) is 11.6 Å². The summed E-state index contributed by atoms with van der Waals surface area (Å²) in [5.41, 5.74) is 2.52. The van der Waals surface area contributed by atoms with Crippen LogP contribution >= 0.6 is 11.6 Å². The molecule has 26 heavy (non-hydrogen) atoms. The maximum Gasteiger partial charge on any atom is 0.163 e. The number of ether oxygens (including phenoxy) is 1. The molecule has 7 nitrogen and oxygen atoms in total. The molecule has 132 valence electrons. The van der Waals surface area contributed by atoms with Crippen molar-refractivity contribution in [1.29, 1.82) is 0 Å². The van der Waals surface area contributed by atoms with Crippen LogP contribution in [0.1, 0.15) is 0 Å². The topological polar surface area (TPSA) is 69.8 Å². The Kier molecular flexibility index (Phi) is 4.00. The molecule has 0 spiro atoms. The standard InChI is InChI=1S/C18H17ClN6O/c1-24-17(8-14(23-24)11-5-4-6-12(19)7-11)21-16-9-15(26-3)13-10-20-25(2)18(13)22-16/h4-10H,1-3H3,(H,21,22). The van der Waals surface area contributed by atoms with E-state index in [1.165, 1.54) is 0 Å². The second kappa shape index (κ2) is 6.34. The molecule has 0 atom stereocenters. The van der Waals surface area contributed by atoms with E-state index in [9.17, 15) is 0 Å². The summed E-state index contributed by atoms with van der Waals surface area (Å²) in [7, 11) is 5.35. The first-order chi connectivity index (χ1) is 12.5. The number of nitrogens with zero attached hydrogens (tertiary/aromatic N) is 5. The molecule has 8 heteroatoms. The fraction of sp³-hybridized carbons (Fsp3) is 0.167. The Morgan fingerprint density at radius 2 is 1.96 bits per heavy atom. The highest BCUT2D eigenvalue weighted by atomic mass is 35.5. The molecule has 0 amide bonds. The van der Waals surface area contributed by atoms with Crippen LogP contribution in [-0.2, 0) is 14.1 Å². The van der Waals surface area contributed by atoms with Gasteiger partial charge in [0.2, 0.25) is 0 Å². The van der Waals surface area contributed by atoms with E-state index in [1.807, 2.05) is 50.5 Å². The Hall–Kier alpha value is -3.06. The number of anilines is 2. The number of aryl methyl sites for hydroxylation is 2. The molecule has 0 saturated carbocycles. The summed E-state index contributed by atoms with van der Waals surface area (Å²) in [5, 5.41) is 13.6. The van der Waals surface area contributed by atoms with Crippen molar-refractivity contribution in [3.63, 3.8) is 0 Å². The number of benzene rings is 1. The van der Waals surface area contributed by atoms with Gasteiger partial charge in [-0.05, 0) is 12.1 Å². The Morgan fingerprint density at radius 3 is 2.73 bits per heavy atom. The molecule has 0 saturated heterocycles. The van der Waals surface area contributed by atoms with Gasteiger partial charge >= 0.3 is 0 Å². The minimum absolute atomic E-state index is 0.651. The molecular weight excluding hydrogens is 352 g/mol. The smallest absolute Gasteiger partial charge is 0.163 e. The van der Waals surface area contributed by atoms with E-state index in [-0.39, 0.29) is 0 Å². The van der Waals surface area contributed by atoms with E-state index in [1.54, 1.807) is 22.7 Å². The van der Waals surface area contributed by atoms with E-state index in [0.29, 0.717) is 16.6 Å². The average Bonchev–Trinajstić information content (AvgIpc) is 3.18.